The molecule has 0 atom stereocenters. The van der Waals surface area contributed by atoms with Gasteiger partial charge in [0.25, 0.3) is 11.5 Å². The molecule has 4 rings (SSSR count). The van der Waals surface area contributed by atoms with E-state index in [-0.39, 0.29) is 11.3 Å². The Bertz CT molecular complexity index is 1120. The minimum atomic E-state index is -0.421. The monoisotopic (exact) mass is 359 g/mol. The van der Waals surface area contributed by atoms with Crippen LogP contribution < -0.4 is 10.9 Å². The number of benzene rings is 2. The number of anilines is 1. The Hall–Kier alpha value is -4.14. The zero-order valence-corrected chi connectivity index (χ0v) is 13.9. The number of para-hydroxylation sites is 1. The first-order valence-electron chi connectivity index (χ1n) is 8.01. The lowest BCUT2D eigenvalue weighted by atomic mass is 10.2. The zero-order chi connectivity index (χ0) is 18.6. The molecule has 0 radical (unpaired) electrons. The summed E-state index contributed by atoms with van der Waals surface area (Å²) in [6.07, 6.45) is 1.48. The molecule has 2 aromatic heterocycles. The molecule has 27 heavy (non-hydrogen) atoms. The number of carbonyl (C=O) groups excluding carboxylic acids is 1. The number of tetrazole rings is 1. The number of hydrogen-bond acceptors (Lipinski definition) is 6. The highest BCUT2D eigenvalue weighted by atomic mass is 16.2. The summed E-state index contributed by atoms with van der Waals surface area (Å²) in [5.74, 6) is -0.421. The van der Waals surface area contributed by atoms with Gasteiger partial charge in [-0.15, -0.1) is 5.10 Å². The number of nitrogens with one attached hydrogen (secondary N) is 1. The molecule has 9 heteroatoms. The van der Waals surface area contributed by atoms with Crippen LogP contribution in [0.3, 0.4) is 0 Å². The lowest BCUT2D eigenvalue weighted by Gasteiger charge is -2.08. The van der Waals surface area contributed by atoms with Gasteiger partial charge in [-0.3, -0.25) is 9.59 Å². The highest BCUT2D eigenvalue weighted by molar-refractivity contribution is 6.02. The first kappa shape index (κ1) is 16.3. The number of amides is 1. The third-order valence-corrected chi connectivity index (χ3v) is 3.77. The molecule has 0 fully saturated rings. The van der Waals surface area contributed by atoms with Crippen molar-refractivity contribution in [2.75, 3.05) is 5.32 Å². The molecule has 4 aromatic rings. The topological polar surface area (TPSA) is 108 Å². The summed E-state index contributed by atoms with van der Waals surface area (Å²) >= 11 is 0. The Kier molecular flexibility index (Phi) is 4.24. The molecule has 0 aliphatic heterocycles. The van der Waals surface area contributed by atoms with Gasteiger partial charge in [0.15, 0.2) is 0 Å². The minimum absolute atomic E-state index is 0.128. The molecule has 0 unspecified atom stereocenters. The summed E-state index contributed by atoms with van der Waals surface area (Å²) in [7, 11) is 0. The molecule has 9 nitrogen and oxygen atoms in total. The molecule has 2 aromatic carbocycles. The lowest BCUT2D eigenvalue weighted by Crippen LogP contribution is -2.24. The van der Waals surface area contributed by atoms with Crippen LogP contribution >= 0.6 is 0 Å². The minimum Gasteiger partial charge on any atom is -0.321 e. The molecule has 1 N–H and O–H groups in total. The summed E-state index contributed by atoms with van der Waals surface area (Å²) in [5.41, 5.74) is 1.74. The van der Waals surface area contributed by atoms with E-state index in [4.69, 9.17) is 0 Å². The molecule has 0 aliphatic carbocycles. The summed E-state index contributed by atoms with van der Waals surface area (Å²) in [6, 6.07) is 18.6. The van der Waals surface area contributed by atoms with Crippen molar-refractivity contribution in [1.29, 1.82) is 0 Å². The van der Waals surface area contributed by atoms with Crippen molar-refractivity contribution in [3.05, 3.63) is 89.1 Å². The van der Waals surface area contributed by atoms with E-state index in [2.05, 4.69) is 25.9 Å². The van der Waals surface area contributed by atoms with E-state index in [1.807, 2.05) is 6.07 Å². The number of hydrogen-bond donors (Lipinski definition) is 1. The van der Waals surface area contributed by atoms with Gasteiger partial charge in [0, 0.05) is 11.8 Å². The maximum absolute atomic E-state index is 12.5. The Morgan fingerprint density at radius 2 is 1.67 bits per heavy atom. The normalized spacial score (nSPS) is 10.5. The van der Waals surface area contributed by atoms with Crippen molar-refractivity contribution in [2.45, 2.75) is 0 Å². The van der Waals surface area contributed by atoms with E-state index in [9.17, 15) is 9.59 Å². The van der Waals surface area contributed by atoms with Crippen LogP contribution in [0.2, 0.25) is 0 Å². The SMILES string of the molecule is O=C(Nc1ccc(-n2cnnn2)cc1)c1ccc(=O)n(-c2ccccc2)n1. The quantitative estimate of drug-likeness (QED) is 0.591. The van der Waals surface area contributed by atoms with Gasteiger partial charge in [0.2, 0.25) is 0 Å². The Balaban J connectivity index is 1.56. The fourth-order valence-corrected chi connectivity index (χ4v) is 2.46. The second-order valence-corrected chi connectivity index (χ2v) is 5.56. The molecule has 0 aliphatic rings. The third kappa shape index (κ3) is 3.47. The second kappa shape index (κ2) is 7.00. The molecule has 2 heterocycles. The van der Waals surface area contributed by atoms with E-state index < -0.39 is 5.91 Å². The Labute approximate surface area is 152 Å². The molecule has 132 valence electrons. The zero-order valence-electron chi connectivity index (χ0n) is 13.9. The van der Waals surface area contributed by atoms with E-state index >= 15 is 0 Å². The molecule has 0 saturated heterocycles. The molecule has 0 bridgehead atoms. The summed E-state index contributed by atoms with van der Waals surface area (Å²) in [6.45, 7) is 0. The first-order valence-corrected chi connectivity index (χ1v) is 8.01. The van der Waals surface area contributed by atoms with Crippen molar-refractivity contribution in [2.24, 2.45) is 0 Å². The van der Waals surface area contributed by atoms with Crippen LogP contribution in [0.4, 0.5) is 5.69 Å². The smallest absolute Gasteiger partial charge is 0.276 e. The number of rotatable bonds is 4. The highest BCUT2D eigenvalue weighted by Crippen LogP contribution is 2.13. The Morgan fingerprint density at radius 1 is 0.889 bits per heavy atom. The van der Waals surface area contributed by atoms with Gasteiger partial charge >= 0.3 is 0 Å². The molecule has 1 amide bonds. The van der Waals surface area contributed by atoms with Crippen molar-refractivity contribution >= 4 is 11.6 Å². The summed E-state index contributed by atoms with van der Waals surface area (Å²) in [5, 5.41) is 17.9. The first-order chi connectivity index (χ1) is 13.2. The van der Waals surface area contributed by atoms with Crippen LogP contribution in [0.1, 0.15) is 10.5 Å². The largest absolute Gasteiger partial charge is 0.321 e. The fourth-order valence-electron chi connectivity index (χ4n) is 2.46. The number of aromatic nitrogens is 6. The van der Waals surface area contributed by atoms with Gasteiger partial charge in [-0.05, 0) is 52.9 Å². The van der Waals surface area contributed by atoms with E-state index in [1.165, 1.54) is 27.8 Å². The molecule has 0 saturated carbocycles. The Morgan fingerprint density at radius 3 is 2.37 bits per heavy atom. The average molecular weight is 359 g/mol. The average Bonchev–Trinajstić information content (AvgIpc) is 3.24. The van der Waals surface area contributed by atoms with E-state index in [1.54, 1.807) is 48.5 Å². The summed E-state index contributed by atoms with van der Waals surface area (Å²) in [4.78, 5) is 24.5. The van der Waals surface area contributed by atoms with Crippen molar-refractivity contribution in [3.8, 4) is 11.4 Å². The van der Waals surface area contributed by atoms with E-state index in [0.29, 0.717) is 11.4 Å². The van der Waals surface area contributed by atoms with Crippen molar-refractivity contribution in [1.82, 2.24) is 30.0 Å². The number of carbonyl (C=O) groups is 1. The van der Waals surface area contributed by atoms with Gasteiger partial charge in [-0.1, -0.05) is 18.2 Å². The highest BCUT2D eigenvalue weighted by Gasteiger charge is 2.11. The second-order valence-electron chi connectivity index (χ2n) is 5.56. The van der Waals surface area contributed by atoms with Crippen molar-refractivity contribution in [3.63, 3.8) is 0 Å². The molecule has 0 spiro atoms. The summed E-state index contributed by atoms with van der Waals surface area (Å²) < 4.78 is 2.69. The number of nitrogens with zero attached hydrogens (tertiary/aromatic N) is 6. The molecular weight excluding hydrogens is 346 g/mol. The van der Waals surface area contributed by atoms with Crippen LogP contribution in [0.15, 0.2) is 77.9 Å². The van der Waals surface area contributed by atoms with Gasteiger partial charge in [-0.25, -0.2) is 4.68 Å². The maximum Gasteiger partial charge on any atom is 0.276 e. The third-order valence-electron chi connectivity index (χ3n) is 3.77. The van der Waals surface area contributed by atoms with Crippen LogP contribution in [0.25, 0.3) is 11.4 Å². The van der Waals surface area contributed by atoms with Gasteiger partial charge < -0.3 is 5.32 Å². The van der Waals surface area contributed by atoms with Crippen LogP contribution in [-0.2, 0) is 0 Å². The standard InChI is InChI=1S/C18H13N7O2/c26-17-11-10-16(21-25(17)15-4-2-1-3-5-15)18(27)20-13-6-8-14(9-7-13)24-12-19-22-23-24/h1-12H,(H,20,27). The van der Waals surface area contributed by atoms with Gasteiger partial charge in [-0.2, -0.15) is 9.78 Å². The maximum atomic E-state index is 12.5. The van der Waals surface area contributed by atoms with Gasteiger partial charge in [0.05, 0.1) is 11.4 Å². The lowest BCUT2D eigenvalue weighted by molar-refractivity contribution is 0.102. The van der Waals surface area contributed by atoms with Crippen LogP contribution in [0.5, 0.6) is 0 Å². The fraction of sp³-hybridized carbons (Fsp3) is 0. The van der Waals surface area contributed by atoms with Gasteiger partial charge in [0.1, 0.15) is 12.0 Å². The van der Waals surface area contributed by atoms with Crippen LogP contribution in [0, 0.1) is 0 Å². The predicted octanol–water partition coefficient (Wildman–Crippen LogP) is 1.46. The molecular formula is C18H13N7O2. The predicted molar refractivity (Wildman–Crippen MR) is 96.9 cm³/mol. The van der Waals surface area contributed by atoms with E-state index in [0.717, 1.165) is 5.69 Å². The van der Waals surface area contributed by atoms with Crippen molar-refractivity contribution < 1.29 is 4.79 Å². The van der Waals surface area contributed by atoms with Crippen LogP contribution in [-0.4, -0.2) is 35.9 Å².